The average Bonchev–Trinajstić information content (AvgIpc) is 3.36. The molecule has 1 amide bonds. The molecular formula is C24H31N3O3S. The molecule has 3 rings (SSSR count). The van der Waals surface area contributed by atoms with E-state index in [4.69, 9.17) is 14.5 Å². The summed E-state index contributed by atoms with van der Waals surface area (Å²) in [6.45, 7) is 8.41. The Bertz CT molecular complexity index is 1010. The summed E-state index contributed by atoms with van der Waals surface area (Å²) in [4.78, 5) is 17.7. The highest BCUT2D eigenvalue weighted by molar-refractivity contribution is 7.13. The summed E-state index contributed by atoms with van der Waals surface area (Å²) in [5, 5.41) is 6.00. The lowest BCUT2D eigenvalue weighted by Crippen LogP contribution is -2.25. The molecular weight excluding hydrogens is 410 g/mol. The minimum absolute atomic E-state index is 0.0528. The molecule has 6 nitrogen and oxygen atoms in total. The van der Waals surface area contributed by atoms with Crippen LogP contribution in [0.3, 0.4) is 0 Å². The molecule has 0 spiro atoms. The van der Waals surface area contributed by atoms with Gasteiger partial charge in [-0.2, -0.15) is 0 Å². The molecule has 2 heterocycles. The molecule has 0 bridgehead atoms. The van der Waals surface area contributed by atoms with E-state index in [1.54, 1.807) is 25.6 Å². The fraction of sp³-hybridized carbons (Fsp3) is 0.417. The Labute approximate surface area is 188 Å². The number of ether oxygens (including phenoxy) is 2. The Morgan fingerprint density at radius 1 is 1.23 bits per heavy atom. The van der Waals surface area contributed by atoms with Crippen LogP contribution in [0.5, 0.6) is 5.75 Å². The van der Waals surface area contributed by atoms with Crippen LogP contribution in [0, 0.1) is 12.8 Å². The number of nitrogens with one attached hydrogen (secondary N) is 1. The van der Waals surface area contributed by atoms with Crippen molar-refractivity contribution < 1.29 is 14.3 Å². The number of thiazole rings is 1. The monoisotopic (exact) mass is 441 g/mol. The van der Waals surface area contributed by atoms with Crippen molar-refractivity contribution in [2.24, 2.45) is 5.92 Å². The Balaban J connectivity index is 1.90. The van der Waals surface area contributed by atoms with Crippen molar-refractivity contribution in [3.05, 3.63) is 47.0 Å². The Hall–Kier alpha value is -2.64. The number of hydrogen-bond acceptors (Lipinski definition) is 5. The highest BCUT2D eigenvalue weighted by atomic mass is 32.1. The largest absolute Gasteiger partial charge is 0.497 e. The molecule has 31 heavy (non-hydrogen) atoms. The smallest absolute Gasteiger partial charge is 0.253 e. The first-order valence-corrected chi connectivity index (χ1v) is 11.4. The summed E-state index contributed by atoms with van der Waals surface area (Å²) < 4.78 is 12.5. The molecule has 0 fully saturated rings. The van der Waals surface area contributed by atoms with Crippen LogP contribution in [-0.4, -0.2) is 42.8 Å². The Morgan fingerprint density at radius 3 is 2.61 bits per heavy atom. The van der Waals surface area contributed by atoms with E-state index in [9.17, 15) is 4.79 Å². The fourth-order valence-corrected chi connectivity index (χ4v) is 4.28. The normalized spacial score (nSPS) is 11.2. The lowest BCUT2D eigenvalue weighted by Gasteiger charge is -2.13. The zero-order valence-electron chi connectivity index (χ0n) is 18.9. The Kier molecular flexibility index (Phi) is 7.87. The van der Waals surface area contributed by atoms with Crippen LogP contribution in [-0.2, 0) is 11.3 Å². The van der Waals surface area contributed by atoms with Gasteiger partial charge in [-0.15, -0.1) is 11.3 Å². The van der Waals surface area contributed by atoms with Crippen LogP contribution in [0.2, 0.25) is 0 Å². The number of carbonyl (C=O) groups excluding carboxylic acids is 1. The van der Waals surface area contributed by atoms with Gasteiger partial charge in [0.2, 0.25) is 0 Å². The molecule has 7 heteroatoms. The lowest BCUT2D eigenvalue weighted by molar-refractivity contribution is 0.0948. The van der Waals surface area contributed by atoms with Crippen LogP contribution in [0.1, 0.15) is 36.3 Å². The number of carbonyl (C=O) groups is 1. The number of amides is 1. The molecule has 0 aliphatic heterocycles. The summed E-state index contributed by atoms with van der Waals surface area (Å²) in [5.74, 6) is 1.22. The second kappa shape index (κ2) is 10.6. The van der Waals surface area contributed by atoms with E-state index in [0.29, 0.717) is 24.6 Å². The van der Waals surface area contributed by atoms with Crippen molar-refractivity contribution in [2.75, 3.05) is 27.4 Å². The summed E-state index contributed by atoms with van der Waals surface area (Å²) >= 11 is 1.60. The van der Waals surface area contributed by atoms with Crippen LogP contribution < -0.4 is 10.1 Å². The molecule has 1 aromatic carbocycles. The van der Waals surface area contributed by atoms with Crippen molar-refractivity contribution in [3.8, 4) is 27.7 Å². The molecule has 0 atom stereocenters. The van der Waals surface area contributed by atoms with Crippen molar-refractivity contribution >= 4 is 17.2 Å². The van der Waals surface area contributed by atoms with E-state index in [1.165, 1.54) is 0 Å². The van der Waals surface area contributed by atoms with E-state index in [-0.39, 0.29) is 5.91 Å². The van der Waals surface area contributed by atoms with Gasteiger partial charge in [-0.3, -0.25) is 4.79 Å². The first-order chi connectivity index (χ1) is 14.9. The molecule has 0 saturated heterocycles. The van der Waals surface area contributed by atoms with Gasteiger partial charge >= 0.3 is 0 Å². The van der Waals surface area contributed by atoms with Gasteiger partial charge in [0.05, 0.1) is 24.1 Å². The van der Waals surface area contributed by atoms with E-state index >= 15 is 0 Å². The number of hydrogen-bond donors (Lipinski definition) is 1. The Morgan fingerprint density at radius 2 is 1.97 bits per heavy atom. The van der Waals surface area contributed by atoms with Crippen molar-refractivity contribution in [3.63, 3.8) is 0 Å². The summed E-state index contributed by atoms with van der Waals surface area (Å²) in [5.41, 5.74) is 4.58. The third-order valence-electron chi connectivity index (χ3n) is 5.07. The van der Waals surface area contributed by atoms with Crippen molar-refractivity contribution in [1.82, 2.24) is 14.9 Å². The zero-order valence-corrected chi connectivity index (χ0v) is 19.7. The van der Waals surface area contributed by atoms with Gasteiger partial charge in [0, 0.05) is 43.4 Å². The third-order valence-corrected chi connectivity index (χ3v) is 5.96. The van der Waals surface area contributed by atoms with Gasteiger partial charge in [-0.05, 0) is 49.6 Å². The van der Waals surface area contributed by atoms with Gasteiger partial charge in [0.1, 0.15) is 10.8 Å². The molecule has 0 radical (unpaired) electrons. The second-order valence-corrected chi connectivity index (χ2v) is 8.76. The minimum Gasteiger partial charge on any atom is -0.497 e. The number of nitrogens with zero attached hydrogens (tertiary/aromatic N) is 2. The molecule has 0 aliphatic rings. The molecule has 3 aromatic rings. The first-order valence-electron chi connectivity index (χ1n) is 10.5. The highest BCUT2D eigenvalue weighted by Crippen LogP contribution is 2.32. The van der Waals surface area contributed by atoms with E-state index < -0.39 is 0 Å². The number of aromatic nitrogens is 2. The minimum atomic E-state index is -0.0528. The number of rotatable bonds is 10. The maximum absolute atomic E-state index is 12.8. The average molecular weight is 442 g/mol. The quantitative estimate of drug-likeness (QED) is 0.449. The third kappa shape index (κ3) is 5.54. The molecule has 166 valence electrons. The predicted octanol–water partition coefficient (Wildman–Crippen LogP) is 5.02. The van der Waals surface area contributed by atoms with Crippen LogP contribution >= 0.6 is 11.3 Å². The number of benzene rings is 1. The van der Waals surface area contributed by atoms with Gasteiger partial charge in [-0.1, -0.05) is 13.8 Å². The van der Waals surface area contributed by atoms with Crippen LogP contribution in [0.25, 0.3) is 22.0 Å². The van der Waals surface area contributed by atoms with E-state index in [1.807, 2.05) is 37.3 Å². The van der Waals surface area contributed by atoms with Gasteiger partial charge in [-0.25, -0.2) is 4.98 Å². The van der Waals surface area contributed by atoms with E-state index in [0.717, 1.165) is 46.4 Å². The fourth-order valence-electron chi connectivity index (χ4n) is 3.46. The van der Waals surface area contributed by atoms with Gasteiger partial charge < -0.3 is 19.4 Å². The molecule has 2 aromatic heterocycles. The van der Waals surface area contributed by atoms with Crippen molar-refractivity contribution in [2.45, 2.75) is 33.7 Å². The summed E-state index contributed by atoms with van der Waals surface area (Å²) in [6.07, 6.45) is 0.790. The molecule has 0 aliphatic carbocycles. The molecule has 1 N–H and O–H groups in total. The molecule has 0 unspecified atom stereocenters. The zero-order chi connectivity index (χ0) is 22.4. The van der Waals surface area contributed by atoms with Crippen LogP contribution in [0.15, 0.2) is 35.7 Å². The SMILES string of the molecule is COCCCNC(=O)c1cc(-c2csc(-c3ccc(OC)cc3)n2)n(CC(C)C)c1C. The van der Waals surface area contributed by atoms with Crippen LogP contribution in [0.4, 0.5) is 0 Å². The van der Waals surface area contributed by atoms with Crippen molar-refractivity contribution in [1.29, 1.82) is 0 Å². The van der Waals surface area contributed by atoms with E-state index in [2.05, 4.69) is 29.1 Å². The molecule has 0 saturated carbocycles. The highest BCUT2D eigenvalue weighted by Gasteiger charge is 2.20. The number of methoxy groups -OCH3 is 2. The lowest BCUT2D eigenvalue weighted by atomic mass is 10.2. The second-order valence-electron chi connectivity index (χ2n) is 7.90. The maximum Gasteiger partial charge on any atom is 0.253 e. The maximum atomic E-state index is 12.8. The first kappa shape index (κ1) is 23.0. The summed E-state index contributed by atoms with van der Waals surface area (Å²) in [6, 6.07) is 9.87. The summed E-state index contributed by atoms with van der Waals surface area (Å²) in [7, 11) is 3.32. The van der Waals surface area contributed by atoms with Gasteiger partial charge in [0.25, 0.3) is 5.91 Å². The van der Waals surface area contributed by atoms with Gasteiger partial charge in [0.15, 0.2) is 0 Å². The standard InChI is InChI=1S/C24H31N3O3S/c1-16(2)14-27-17(3)20(23(28)25-11-6-12-29-4)13-22(27)21-15-31-24(26-21)18-7-9-19(30-5)10-8-18/h7-10,13,15-16H,6,11-12,14H2,1-5H3,(H,25,28). The topological polar surface area (TPSA) is 65.4 Å². The predicted molar refractivity (Wildman–Crippen MR) is 126 cm³/mol.